The molecule has 0 atom stereocenters. The third-order valence-electron chi connectivity index (χ3n) is 1.27. The van der Waals surface area contributed by atoms with Crippen molar-refractivity contribution < 1.29 is 21.7 Å². The van der Waals surface area contributed by atoms with Gasteiger partial charge in [-0.05, 0) is 6.33 Å². The minimum Gasteiger partial charge on any atom is -0.461 e. The van der Waals surface area contributed by atoms with Crippen molar-refractivity contribution in [2.45, 2.75) is 7.43 Å². The standard InChI is InChI=1S/C7H5N2.CH4.Ti/c1-2-4-7-6(3-1)8-5-9-7;;/h1-4H,(H,8,9);1H4;/q-1;;. The summed E-state index contributed by atoms with van der Waals surface area (Å²) in [6.07, 6.45) is 2.66. The van der Waals surface area contributed by atoms with E-state index in [4.69, 9.17) is 0 Å². The molecule has 0 amide bonds. The fourth-order valence-corrected chi connectivity index (χ4v) is 0.825. The zero-order valence-corrected chi connectivity index (χ0v) is 6.82. The predicted molar refractivity (Wildman–Crippen MR) is 41.7 cm³/mol. The summed E-state index contributed by atoms with van der Waals surface area (Å²) in [5, 5.41) is 0. The maximum Gasteiger partial charge on any atom is 0 e. The first-order valence-corrected chi connectivity index (χ1v) is 2.77. The number of benzene rings is 1. The molecule has 0 aliphatic carbocycles. The second kappa shape index (κ2) is 4.32. The van der Waals surface area contributed by atoms with Crippen LogP contribution >= 0.6 is 0 Å². The van der Waals surface area contributed by atoms with E-state index in [1.165, 1.54) is 0 Å². The topological polar surface area (TPSA) is 28.7 Å². The molecule has 0 saturated heterocycles. The summed E-state index contributed by atoms with van der Waals surface area (Å²) >= 11 is 0. The van der Waals surface area contributed by atoms with Crippen LogP contribution < -0.4 is 0 Å². The molecule has 2 aromatic rings. The summed E-state index contributed by atoms with van der Waals surface area (Å²) in [6, 6.07) is 7.84. The molecule has 0 unspecified atom stereocenters. The Morgan fingerprint density at radius 3 is 2.73 bits per heavy atom. The van der Waals surface area contributed by atoms with Crippen molar-refractivity contribution in [3.8, 4) is 0 Å². The van der Waals surface area contributed by atoms with Crippen molar-refractivity contribution in [3.63, 3.8) is 0 Å². The Morgan fingerprint density at radius 1 is 1.27 bits per heavy atom. The summed E-state index contributed by atoms with van der Waals surface area (Å²) in [6.45, 7) is 0. The summed E-state index contributed by atoms with van der Waals surface area (Å²) < 4.78 is 0. The smallest absolute Gasteiger partial charge is 0 e. The van der Waals surface area contributed by atoms with Crippen LogP contribution in [0.4, 0.5) is 0 Å². The Bertz CT molecular complexity index is 286. The first kappa shape index (κ1) is 10.4. The van der Waals surface area contributed by atoms with E-state index in [0.29, 0.717) is 0 Å². The van der Waals surface area contributed by atoms with Crippen LogP contribution in [0, 0.1) is 6.33 Å². The first-order chi connectivity index (χ1) is 4.47. The van der Waals surface area contributed by atoms with E-state index in [-0.39, 0.29) is 29.1 Å². The van der Waals surface area contributed by atoms with E-state index in [1.807, 2.05) is 24.3 Å². The molecule has 1 aromatic carbocycles. The Hall–Kier alpha value is -0.596. The van der Waals surface area contributed by atoms with Crippen LogP contribution in [0.25, 0.3) is 11.0 Å². The third-order valence-corrected chi connectivity index (χ3v) is 1.27. The van der Waals surface area contributed by atoms with Gasteiger partial charge in [0, 0.05) is 21.7 Å². The molecule has 0 fully saturated rings. The maximum atomic E-state index is 3.94. The van der Waals surface area contributed by atoms with Gasteiger partial charge in [-0.1, -0.05) is 30.6 Å². The van der Waals surface area contributed by atoms with Crippen molar-refractivity contribution in [1.82, 2.24) is 9.97 Å². The van der Waals surface area contributed by atoms with Gasteiger partial charge in [0.15, 0.2) is 0 Å². The van der Waals surface area contributed by atoms with Crippen LogP contribution in [0.2, 0.25) is 0 Å². The quantitative estimate of drug-likeness (QED) is 0.488. The van der Waals surface area contributed by atoms with Gasteiger partial charge < -0.3 is 9.97 Å². The van der Waals surface area contributed by atoms with Crippen LogP contribution in [0.3, 0.4) is 0 Å². The largest absolute Gasteiger partial charge is 0.461 e. The Morgan fingerprint density at radius 2 is 2.00 bits per heavy atom. The SMILES string of the molecule is C.[Ti].[c-]1nc2ccccc2[nH]1. The van der Waals surface area contributed by atoms with Crippen molar-refractivity contribution >= 4 is 11.0 Å². The molecule has 1 aromatic heterocycles. The molecule has 2 rings (SSSR count). The number of H-pyrrole nitrogens is 1. The predicted octanol–water partition coefficient (Wildman–Crippen LogP) is 2.00. The zero-order chi connectivity index (χ0) is 6.10. The summed E-state index contributed by atoms with van der Waals surface area (Å²) in [4.78, 5) is 6.82. The van der Waals surface area contributed by atoms with Crippen LogP contribution in [-0.2, 0) is 21.7 Å². The maximum absolute atomic E-state index is 3.94. The number of nitrogens with one attached hydrogen (secondary N) is 1. The summed E-state index contributed by atoms with van der Waals surface area (Å²) in [7, 11) is 0. The van der Waals surface area contributed by atoms with Crippen LogP contribution in [0.15, 0.2) is 24.3 Å². The van der Waals surface area contributed by atoms with Crippen LogP contribution in [0.5, 0.6) is 0 Å². The number of fused-ring (bicyclic) bond motifs is 1. The monoisotopic (exact) mass is 181 g/mol. The first-order valence-electron chi connectivity index (χ1n) is 2.77. The summed E-state index contributed by atoms with van der Waals surface area (Å²) in [5.41, 5.74) is 2.01. The van der Waals surface area contributed by atoms with E-state index < -0.39 is 0 Å². The minimum atomic E-state index is 0. The molecule has 0 saturated carbocycles. The van der Waals surface area contributed by atoms with E-state index in [0.717, 1.165) is 11.0 Å². The average Bonchev–Trinajstić information content (AvgIpc) is 2.33. The molecule has 1 N–H and O–H groups in total. The van der Waals surface area contributed by atoms with Gasteiger partial charge in [0.2, 0.25) is 0 Å². The Balaban J connectivity index is 0.000000500. The number of hydrogen-bond donors (Lipinski definition) is 1. The van der Waals surface area contributed by atoms with Gasteiger partial charge in [-0.25, -0.2) is 0 Å². The molecule has 0 aliphatic rings. The molecular formula is C8H9N2Ti-. The average molecular weight is 181 g/mol. The number of hydrogen-bond acceptors (Lipinski definition) is 1. The van der Waals surface area contributed by atoms with Gasteiger partial charge in [0.25, 0.3) is 0 Å². The third kappa shape index (κ3) is 1.92. The number of imidazole rings is 1. The molecule has 0 radical (unpaired) electrons. The van der Waals surface area contributed by atoms with Crippen molar-refractivity contribution in [3.05, 3.63) is 30.6 Å². The summed E-state index contributed by atoms with van der Waals surface area (Å²) in [5.74, 6) is 0. The molecule has 3 heteroatoms. The number of para-hydroxylation sites is 2. The van der Waals surface area contributed by atoms with Gasteiger partial charge in [0.05, 0.1) is 0 Å². The number of aromatic nitrogens is 2. The van der Waals surface area contributed by atoms with Gasteiger partial charge in [-0.15, -0.1) is 12.1 Å². The van der Waals surface area contributed by atoms with Gasteiger partial charge in [-0.2, -0.15) is 0 Å². The Kier molecular flexibility index (Phi) is 4.08. The number of rotatable bonds is 0. The fraction of sp³-hybridized carbons (Fsp3) is 0.125. The Labute approximate surface area is 80.9 Å². The molecule has 0 aliphatic heterocycles. The number of aromatic amines is 1. The molecule has 0 spiro atoms. The van der Waals surface area contributed by atoms with Gasteiger partial charge >= 0.3 is 0 Å². The molecule has 1 heterocycles. The van der Waals surface area contributed by atoms with E-state index in [2.05, 4.69) is 16.3 Å². The molecule has 2 nitrogen and oxygen atoms in total. The normalized spacial score (nSPS) is 8.36. The van der Waals surface area contributed by atoms with Crippen LogP contribution in [-0.4, -0.2) is 9.97 Å². The van der Waals surface area contributed by atoms with E-state index >= 15 is 0 Å². The van der Waals surface area contributed by atoms with E-state index in [9.17, 15) is 0 Å². The fourth-order valence-electron chi connectivity index (χ4n) is 0.825. The molecule has 56 valence electrons. The van der Waals surface area contributed by atoms with E-state index in [1.54, 1.807) is 0 Å². The van der Waals surface area contributed by atoms with Crippen LogP contribution in [0.1, 0.15) is 7.43 Å². The van der Waals surface area contributed by atoms with Crippen molar-refractivity contribution in [2.75, 3.05) is 0 Å². The molecular weight excluding hydrogens is 172 g/mol. The molecule has 11 heavy (non-hydrogen) atoms. The number of nitrogens with zero attached hydrogens (tertiary/aromatic N) is 1. The van der Waals surface area contributed by atoms with Crippen molar-refractivity contribution in [1.29, 1.82) is 0 Å². The van der Waals surface area contributed by atoms with Gasteiger partial charge in [0.1, 0.15) is 0 Å². The minimum absolute atomic E-state index is 0. The van der Waals surface area contributed by atoms with Crippen molar-refractivity contribution in [2.24, 2.45) is 0 Å². The van der Waals surface area contributed by atoms with Gasteiger partial charge in [-0.3, -0.25) is 0 Å². The second-order valence-corrected chi connectivity index (χ2v) is 1.87. The molecule has 0 bridgehead atoms. The second-order valence-electron chi connectivity index (χ2n) is 1.87. The zero-order valence-electron chi connectivity index (χ0n) is 5.26.